The van der Waals surface area contributed by atoms with Crippen LogP contribution < -0.4 is 5.32 Å². The lowest BCUT2D eigenvalue weighted by Gasteiger charge is -2.22. The molecule has 0 aliphatic carbocycles. The van der Waals surface area contributed by atoms with Crippen LogP contribution in [0.4, 0.5) is 0 Å². The lowest BCUT2D eigenvalue weighted by atomic mass is 10.0. The van der Waals surface area contributed by atoms with E-state index in [0.29, 0.717) is 5.76 Å². The molecule has 0 saturated carbocycles. The first-order valence-corrected chi connectivity index (χ1v) is 6.74. The summed E-state index contributed by atoms with van der Waals surface area (Å²) in [7, 11) is 0. The van der Waals surface area contributed by atoms with Crippen LogP contribution in [0.5, 0.6) is 0 Å². The lowest BCUT2D eigenvalue weighted by molar-refractivity contribution is -0.123. The van der Waals surface area contributed by atoms with Crippen LogP contribution in [0, 0.1) is 0 Å². The number of thioether (sulfide) groups is 1. The summed E-state index contributed by atoms with van der Waals surface area (Å²) >= 11 is 1.68. The topological polar surface area (TPSA) is 62.5 Å². The van der Waals surface area contributed by atoms with Crippen molar-refractivity contribution in [2.45, 2.75) is 30.6 Å². The van der Waals surface area contributed by atoms with Gasteiger partial charge >= 0.3 is 0 Å². The molecule has 2 heterocycles. The summed E-state index contributed by atoms with van der Waals surface area (Å²) in [5.74, 6) is 1.52. The minimum atomic E-state index is -0.774. The van der Waals surface area contributed by atoms with Crippen LogP contribution in [0.2, 0.25) is 0 Å². The molecule has 1 amide bonds. The van der Waals surface area contributed by atoms with Crippen molar-refractivity contribution in [3.05, 3.63) is 24.2 Å². The summed E-state index contributed by atoms with van der Waals surface area (Å²) in [5, 5.41) is 12.6. The molecule has 1 aliphatic heterocycles. The maximum atomic E-state index is 12.0. The Hall–Kier alpha value is -0.940. The largest absolute Gasteiger partial charge is 0.467 e. The Morgan fingerprint density at radius 3 is 3.18 bits per heavy atom. The van der Waals surface area contributed by atoms with Gasteiger partial charge in [-0.1, -0.05) is 0 Å². The average Bonchev–Trinajstić information content (AvgIpc) is 2.96. The van der Waals surface area contributed by atoms with E-state index in [4.69, 9.17) is 4.42 Å². The van der Waals surface area contributed by atoms with E-state index < -0.39 is 6.10 Å². The van der Waals surface area contributed by atoms with Crippen molar-refractivity contribution in [2.75, 3.05) is 12.3 Å². The highest BCUT2D eigenvalue weighted by Gasteiger charge is 2.37. The van der Waals surface area contributed by atoms with Crippen molar-refractivity contribution in [2.24, 2.45) is 0 Å². The van der Waals surface area contributed by atoms with E-state index in [-0.39, 0.29) is 17.2 Å². The Morgan fingerprint density at radius 2 is 2.59 bits per heavy atom. The number of carbonyl (C=O) groups excluding carboxylic acids is 1. The standard InChI is InChI=1S/C12H17NO3S/c1-12(5-3-7-17-12)11(15)13-8-9(14)10-4-2-6-16-10/h2,4,6,9,14H,3,5,7-8H2,1H3,(H,13,15). The molecule has 2 unspecified atom stereocenters. The van der Waals surface area contributed by atoms with Gasteiger partial charge in [-0.3, -0.25) is 4.79 Å². The van der Waals surface area contributed by atoms with Gasteiger partial charge in [-0.2, -0.15) is 0 Å². The van der Waals surface area contributed by atoms with E-state index in [1.165, 1.54) is 6.26 Å². The van der Waals surface area contributed by atoms with Gasteiger partial charge in [-0.15, -0.1) is 11.8 Å². The van der Waals surface area contributed by atoms with E-state index in [1.807, 2.05) is 6.92 Å². The minimum absolute atomic E-state index is 0.00519. The van der Waals surface area contributed by atoms with Gasteiger partial charge in [0.15, 0.2) is 0 Å². The van der Waals surface area contributed by atoms with Crippen LogP contribution >= 0.6 is 11.8 Å². The quantitative estimate of drug-likeness (QED) is 0.860. The van der Waals surface area contributed by atoms with Crippen molar-refractivity contribution in [1.29, 1.82) is 0 Å². The van der Waals surface area contributed by atoms with Crippen molar-refractivity contribution in [1.82, 2.24) is 5.32 Å². The lowest BCUT2D eigenvalue weighted by Crippen LogP contribution is -2.41. The van der Waals surface area contributed by atoms with E-state index in [9.17, 15) is 9.90 Å². The molecule has 2 rings (SSSR count). The second-order valence-electron chi connectivity index (χ2n) is 4.42. The molecule has 5 heteroatoms. The van der Waals surface area contributed by atoms with Crippen LogP contribution in [0.3, 0.4) is 0 Å². The van der Waals surface area contributed by atoms with Crippen LogP contribution in [0.15, 0.2) is 22.8 Å². The third-order valence-electron chi connectivity index (χ3n) is 3.03. The number of rotatable bonds is 4. The molecule has 17 heavy (non-hydrogen) atoms. The molecular formula is C12H17NO3S. The first-order chi connectivity index (χ1) is 8.12. The van der Waals surface area contributed by atoms with Gasteiger partial charge in [0, 0.05) is 0 Å². The van der Waals surface area contributed by atoms with Crippen molar-refractivity contribution in [3.8, 4) is 0 Å². The van der Waals surface area contributed by atoms with Crippen LogP contribution in [0.1, 0.15) is 31.6 Å². The number of hydrogen-bond donors (Lipinski definition) is 2. The fraction of sp³-hybridized carbons (Fsp3) is 0.583. The predicted octanol–water partition coefficient (Wildman–Crippen LogP) is 1.71. The minimum Gasteiger partial charge on any atom is -0.467 e. The zero-order valence-electron chi connectivity index (χ0n) is 9.81. The molecule has 1 fully saturated rings. The monoisotopic (exact) mass is 255 g/mol. The van der Waals surface area contributed by atoms with Gasteiger partial charge < -0.3 is 14.8 Å². The highest BCUT2D eigenvalue weighted by molar-refractivity contribution is 8.01. The van der Waals surface area contributed by atoms with E-state index in [2.05, 4.69) is 5.32 Å². The summed E-state index contributed by atoms with van der Waals surface area (Å²) in [4.78, 5) is 12.0. The van der Waals surface area contributed by atoms with Gasteiger partial charge in [0.25, 0.3) is 0 Å². The first kappa shape index (κ1) is 12.5. The normalized spacial score (nSPS) is 25.8. The molecular weight excluding hydrogens is 238 g/mol. The molecule has 0 bridgehead atoms. The van der Waals surface area contributed by atoms with E-state index in [1.54, 1.807) is 23.9 Å². The molecule has 0 radical (unpaired) electrons. The molecule has 0 aromatic carbocycles. The van der Waals surface area contributed by atoms with Crippen LogP contribution in [0.25, 0.3) is 0 Å². The average molecular weight is 255 g/mol. The number of aliphatic hydroxyl groups is 1. The molecule has 2 N–H and O–H groups in total. The SMILES string of the molecule is CC1(C(=O)NCC(O)c2ccco2)CCCS1. The summed E-state index contributed by atoms with van der Waals surface area (Å²) in [6, 6.07) is 3.41. The molecule has 1 aliphatic rings. The van der Waals surface area contributed by atoms with Crippen molar-refractivity contribution >= 4 is 17.7 Å². The zero-order valence-corrected chi connectivity index (χ0v) is 10.6. The van der Waals surface area contributed by atoms with Gasteiger partial charge in [-0.25, -0.2) is 0 Å². The van der Waals surface area contributed by atoms with Crippen LogP contribution in [-0.2, 0) is 4.79 Å². The van der Waals surface area contributed by atoms with Gasteiger partial charge in [-0.05, 0) is 37.7 Å². The highest BCUT2D eigenvalue weighted by Crippen LogP contribution is 2.37. The third kappa shape index (κ3) is 2.84. The van der Waals surface area contributed by atoms with Gasteiger partial charge in [0.05, 0.1) is 17.6 Å². The second-order valence-corrected chi connectivity index (χ2v) is 6.02. The summed E-state index contributed by atoms with van der Waals surface area (Å²) in [6.07, 6.45) is 2.72. The zero-order chi connectivity index (χ0) is 12.3. The molecule has 4 nitrogen and oxygen atoms in total. The Bertz CT molecular complexity index is 371. The highest BCUT2D eigenvalue weighted by atomic mass is 32.2. The number of amides is 1. The van der Waals surface area contributed by atoms with Crippen molar-refractivity contribution in [3.63, 3.8) is 0 Å². The second kappa shape index (κ2) is 5.14. The number of hydrogen-bond acceptors (Lipinski definition) is 4. The summed E-state index contributed by atoms with van der Waals surface area (Å²) < 4.78 is 4.74. The Balaban J connectivity index is 1.84. The first-order valence-electron chi connectivity index (χ1n) is 5.75. The maximum absolute atomic E-state index is 12.0. The van der Waals surface area contributed by atoms with E-state index in [0.717, 1.165) is 18.6 Å². The van der Waals surface area contributed by atoms with Gasteiger partial charge in [0.2, 0.25) is 5.91 Å². The molecule has 1 aromatic heterocycles. The molecule has 1 saturated heterocycles. The third-order valence-corrected chi connectivity index (χ3v) is 4.55. The molecule has 0 spiro atoms. The Morgan fingerprint density at radius 1 is 1.76 bits per heavy atom. The van der Waals surface area contributed by atoms with Crippen molar-refractivity contribution < 1.29 is 14.3 Å². The fourth-order valence-electron chi connectivity index (χ4n) is 1.92. The fourth-order valence-corrected chi connectivity index (χ4v) is 3.15. The van der Waals surface area contributed by atoms with Crippen LogP contribution in [-0.4, -0.2) is 28.1 Å². The summed E-state index contributed by atoms with van der Waals surface area (Å²) in [6.45, 7) is 2.15. The predicted molar refractivity (Wildman–Crippen MR) is 66.8 cm³/mol. The Labute approximate surface area is 105 Å². The maximum Gasteiger partial charge on any atom is 0.236 e. The molecule has 2 atom stereocenters. The van der Waals surface area contributed by atoms with Gasteiger partial charge in [0.1, 0.15) is 11.9 Å². The summed E-state index contributed by atoms with van der Waals surface area (Å²) in [5.41, 5.74) is 0. The molecule has 1 aromatic rings. The Kier molecular flexibility index (Phi) is 3.79. The molecule has 94 valence electrons. The number of furan rings is 1. The number of carbonyl (C=O) groups is 1. The smallest absolute Gasteiger partial charge is 0.236 e. The number of nitrogens with one attached hydrogen (secondary N) is 1. The van der Waals surface area contributed by atoms with E-state index >= 15 is 0 Å². The number of aliphatic hydroxyl groups excluding tert-OH is 1.